The Hall–Kier alpha value is -4.52. The van der Waals surface area contributed by atoms with Crippen LogP contribution in [0.5, 0.6) is 23.0 Å². The van der Waals surface area contributed by atoms with Gasteiger partial charge in [0.05, 0.1) is 36.4 Å². The van der Waals surface area contributed by atoms with E-state index in [-0.39, 0.29) is 61.9 Å². The number of aromatic hydroxyl groups is 2. The smallest absolute Gasteiger partial charge is 0.255 e. The van der Waals surface area contributed by atoms with Crippen LogP contribution in [-0.2, 0) is 30.7 Å². The van der Waals surface area contributed by atoms with Gasteiger partial charge in [-0.3, -0.25) is 14.4 Å². The molecule has 0 bridgehead atoms. The Kier molecular flexibility index (Phi) is 15.0. The van der Waals surface area contributed by atoms with Crippen LogP contribution in [0.15, 0.2) is 58.7 Å². The molecule has 5 atom stereocenters. The second-order valence-electron chi connectivity index (χ2n) is 19.2. The van der Waals surface area contributed by atoms with E-state index in [1.54, 1.807) is 4.90 Å². The Morgan fingerprint density at radius 1 is 0.730 bits per heavy atom. The highest BCUT2D eigenvalue weighted by atomic mass is 32.1. The number of nitrogens with zero attached hydrogens (tertiary/aromatic N) is 2. The summed E-state index contributed by atoms with van der Waals surface area (Å²) < 4.78 is 13.1. The number of allylic oxidation sites excluding steroid dienone is 8. The molecule has 0 saturated carbocycles. The number of phenolic OH excluding ortho intramolecular Hbond substituents is 2. The average Bonchev–Trinajstić information content (AvgIpc) is 3.69. The number of benzene rings is 2. The van der Waals surface area contributed by atoms with Crippen LogP contribution in [0.1, 0.15) is 163 Å². The van der Waals surface area contributed by atoms with Crippen molar-refractivity contribution in [3.05, 3.63) is 92.1 Å². The predicted octanol–water partition coefficient (Wildman–Crippen LogP) is 9.37. The fourth-order valence-electron chi connectivity index (χ4n) is 9.40. The first-order valence-electron chi connectivity index (χ1n) is 22.6. The van der Waals surface area contributed by atoms with E-state index < -0.39 is 40.5 Å². The molecule has 0 fully saturated rings. The van der Waals surface area contributed by atoms with E-state index in [0.29, 0.717) is 71.4 Å². The standard InChI is InChI=1S/C51H68N2O9S/c1-30(2)14-9-16-32(5)18-11-21-50(7)43(56)26-36-41(54)24-34-38(45(36)61-50)28-52(47(34)58)23-13-20-40(49(60)63)53-29-39-35(48(53)59)25-42(55)37-27-44(57)51(8,62-46(37)39)22-12-19-33(6)17-10-15-31(3)4/h14-15,18-19,24-25,40,43-44,54-57H,9-13,16-17,20-23,26-29H2,1-8H3,(H,60,63)/b32-18+,33-19+/t40-,43-,44-,50+,51+/m0/s1. The van der Waals surface area contributed by atoms with Gasteiger partial charge in [0, 0.05) is 41.6 Å². The summed E-state index contributed by atoms with van der Waals surface area (Å²) in [5.41, 5.74) is 5.96. The normalized spacial score (nSPS) is 23.3. The number of hydrogen-bond donors (Lipinski definition) is 5. The number of carbonyl (C=O) groups excluding carboxylic acids is 3. The molecule has 0 spiro atoms. The van der Waals surface area contributed by atoms with Crippen LogP contribution in [0.4, 0.5) is 0 Å². The molecule has 6 rings (SSSR count). The highest BCUT2D eigenvalue weighted by Crippen LogP contribution is 2.48. The van der Waals surface area contributed by atoms with Crippen molar-refractivity contribution in [2.45, 2.75) is 175 Å². The number of fused-ring (bicyclic) bond motifs is 6. The SMILES string of the molecule is CC(C)=CCC/C(C)=C/CC[C@@]1(C)Oc2c(c(O)cc3c2CN(CCC[C@@H](C(=O)S)N2Cc4c(cc(O)c5c4O[C@](C)(CC/C=C(\C)CCC=C(C)C)[C@@H](O)C5)C2=O)C3=O)C[C@@H]1O. The Labute approximate surface area is 379 Å². The molecule has 0 aromatic heterocycles. The predicted molar refractivity (Wildman–Crippen MR) is 249 cm³/mol. The Bertz CT molecular complexity index is 2230. The van der Waals surface area contributed by atoms with E-state index in [1.165, 1.54) is 39.3 Å². The molecule has 4 aliphatic heterocycles. The van der Waals surface area contributed by atoms with Gasteiger partial charge in [-0.15, -0.1) is 12.6 Å². The highest BCUT2D eigenvalue weighted by Gasteiger charge is 2.47. The number of rotatable bonds is 18. The van der Waals surface area contributed by atoms with E-state index in [9.17, 15) is 34.8 Å². The number of carbonyl (C=O) groups is 3. The molecule has 2 amide bonds. The first-order valence-corrected chi connectivity index (χ1v) is 23.1. The van der Waals surface area contributed by atoms with Crippen LogP contribution in [-0.4, -0.2) is 83.2 Å². The lowest BCUT2D eigenvalue weighted by atomic mass is 9.84. The van der Waals surface area contributed by atoms with Gasteiger partial charge >= 0.3 is 0 Å². The number of aliphatic hydroxyl groups is 2. The zero-order valence-corrected chi connectivity index (χ0v) is 39.4. The fourth-order valence-corrected chi connectivity index (χ4v) is 9.67. The lowest BCUT2D eigenvalue weighted by Crippen LogP contribution is -2.49. The molecule has 0 unspecified atom stereocenters. The number of thiol groups is 1. The van der Waals surface area contributed by atoms with Crippen molar-refractivity contribution < 1.29 is 44.3 Å². The molecule has 11 nitrogen and oxygen atoms in total. The lowest BCUT2D eigenvalue weighted by Gasteiger charge is -2.41. The van der Waals surface area contributed by atoms with Crippen LogP contribution in [0.2, 0.25) is 0 Å². The molecule has 12 heteroatoms. The topological polar surface area (TPSA) is 157 Å². The summed E-state index contributed by atoms with van der Waals surface area (Å²) in [5.74, 6) is -0.103. The lowest BCUT2D eigenvalue weighted by molar-refractivity contribution is -0.115. The molecule has 4 N–H and O–H groups in total. The number of ether oxygens (including phenoxy) is 2. The minimum absolute atomic E-state index is 0.0655. The van der Waals surface area contributed by atoms with E-state index in [4.69, 9.17) is 9.47 Å². The second kappa shape index (κ2) is 19.7. The van der Waals surface area contributed by atoms with Crippen LogP contribution in [0.3, 0.4) is 0 Å². The number of amides is 2. The van der Waals surface area contributed by atoms with Crippen molar-refractivity contribution in [2.24, 2.45) is 0 Å². The van der Waals surface area contributed by atoms with Gasteiger partial charge in [-0.2, -0.15) is 0 Å². The number of aliphatic hydroxyl groups excluding tert-OH is 2. The first kappa shape index (κ1) is 47.9. The molecule has 0 radical (unpaired) electrons. The van der Waals surface area contributed by atoms with E-state index in [2.05, 4.69) is 78.5 Å². The zero-order valence-electron chi connectivity index (χ0n) is 38.5. The average molecular weight is 885 g/mol. The van der Waals surface area contributed by atoms with Gasteiger partial charge in [0.25, 0.3) is 11.8 Å². The molecule has 0 saturated heterocycles. The third-order valence-corrected chi connectivity index (χ3v) is 13.8. The van der Waals surface area contributed by atoms with Gasteiger partial charge in [-0.05, 0) is 132 Å². The minimum Gasteiger partial charge on any atom is -0.508 e. The third-order valence-electron chi connectivity index (χ3n) is 13.5. The van der Waals surface area contributed by atoms with Gasteiger partial charge in [0.1, 0.15) is 40.2 Å². The summed E-state index contributed by atoms with van der Waals surface area (Å²) in [4.78, 5) is 44.0. The van der Waals surface area contributed by atoms with Crippen LogP contribution in [0, 0.1) is 0 Å². The molecule has 2 aromatic rings. The maximum absolute atomic E-state index is 14.0. The maximum Gasteiger partial charge on any atom is 0.255 e. The van der Waals surface area contributed by atoms with Crippen molar-refractivity contribution >= 4 is 29.6 Å². The Morgan fingerprint density at radius 3 is 1.65 bits per heavy atom. The molecule has 0 aliphatic carbocycles. The van der Waals surface area contributed by atoms with Crippen LogP contribution in [0.25, 0.3) is 0 Å². The van der Waals surface area contributed by atoms with Gasteiger partial charge in [0.2, 0.25) is 5.12 Å². The van der Waals surface area contributed by atoms with Crippen molar-refractivity contribution in [3.63, 3.8) is 0 Å². The third kappa shape index (κ3) is 10.6. The maximum atomic E-state index is 14.0. The van der Waals surface area contributed by atoms with Crippen molar-refractivity contribution in [1.82, 2.24) is 9.80 Å². The van der Waals surface area contributed by atoms with E-state index in [1.807, 2.05) is 13.8 Å². The summed E-state index contributed by atoms with van der Waals surface area (Å²) in [6, 6.07) is 1.94. The highest BCUT2D eigenvalue weighted by molar-refractivity contribution is 7.96. The monoisotopic (exact) mass is 884 g/mol. The quantitative estimate of drug-likeness (QED) is 0.0727. The largest absolute Gasteiger partial charge is 0.508 e. The number of hydrogen-bond acceptors (Lipinski definition) is 9. The van der Waals surface area contributed by atoms with Crippen LogP contribution < -0.4 is 9.47 Å². The van der Waals surface area contributed by atoms with Gasteiger partial charge in [-0.25, -0.2) is 0 Å². The van der Waals surface area contributed by atoms with Crippen molar-refractivity contribution in [2.75, 3.05) is 6.54 Å². The molecule has 63 heavy (non-hydrogen) atoms. The molecule has 342 valence electrons. The summed E-state index contributed by atoms with van der Waals surface area (Å²) in [6.07, 6.45) is 14.3. The van der Waals surface area contributed by atoms with Gasteiger partial charge < -0.3 is 39.7 Å². The van der Waals surface area contributed by atoms with Crippen LogP contribution >= 0.6 is 12.6 Å². The zero-order chi connectivity index (χ0) is 46.0. The summed E-state index contributed by atoms with van der Waals surface area (Å²) in [5, 5.41) is 44.2. The molecule has 4 heterocycles. The Morgan fingerprint density at radius 2 is 1.19 bits per heavy atom. The van der Waals surface area contributed by atoms with Gasteiger partial charge in [-0.1, -0.05) is 46.6 Å². The van der Waals surface area contributed by atoms with E-state index >= 15 is 0 Å². The Balaban J connectivity index is 1.11. The van der Waals surface area contributed by atoms with Crippen molar-refractivity contribution in [3.8, 4) is 23.0 Å². The summed E-state index contributed by atoms with van der Waals surface area (Å²) in [6.45, 7) is 16.9. The molecular weight excluding hydrogens is 817 g/mol. The van der Waals surface area contributed by atoms with Crippen molar-refractivity contribution in [1.29, 1.82) is 0 Å². The van der Waals surface area contributed by atoms with Gasteiger partial charge in [0.15, 0.2) is 0 Å². The second-order valence-corrected chi connectivity index (χ2v) is 19.6. The fraction of sp³-hybridized carbons (Fsp3) is 0.549. The number of phenols is 2. The summed E-state index contributed by atoms with van der Waals surface area (Å²) >= 11 is 4.21. The molecule has 4 aliphatic rings. The summed E-state index contributed by atoms with van der Waals surface area (Å²) in [7, 11) is 0. The minimum atomic E-state index is -0.971. The molecule has 2 aromatic carbocycles. The first-order chi connectivity index (χ1) is 29.7. The van der Waals surface area contributed by atoms with E-state index in [0.717, 1.165) is 25.7 Å². The molecular formula is C51H68N2O9S.